The highest BCUT2D eigenvalue weighted by Crippen LogP contribution is 2.26. The van der Waals surface area contributed by atoms with E-state index in [1.807, 2.05) is 36.4 Å². The summed E-state index contributed by atoms with van der Waals surface area (Å²) in [4.78, 5) is 24.5. The van der Waals surface area contributed by atoms with Gasteiger partial charge in [-0.25, -0.2) is 0 Å². The predicted molar refractivity (Wildman–Crippen MR) is 84.9 cm³/mol. The topological polar surface area (TPSA) is 76.6 Å². The number of furan rings is 1. The van der Waals surface area contributed by atoms with Crippen LogP contribution >= 0.6 is 0 Å². The number of benzene rings is 1. The van der Waals surface area contributed by atoms with E-state index in [-0.39, 0.29) is 18.3 Å². The lowest BCUT2D eigenvalue weighted by atomic mass is 10.2. The maximum absolute atomic E-state index is 12.8. The van der Waals surface area contributed by atoms with Crippen molar-refractivity contribution in [3.8, 4) is 0 Å². The Bertz CT molecular complexity index is 749. The monoisotopic (exact) mass is 312 g/mol. The van der Waals surface area contributed by atoms with Gasteiger partial charge >= 0.3 is 5.88 Å². The number of hydrogen-bond acceptors (Lipinski definition) is 4. The minimum absolute atomic E-state index is 0.0762. The van der Waals surface area contributed by atoms with Gasteiger partial charge in [-0.3, -0.25) is 14.9 Å². The Morgan fingerprint density at radius 1 is 1.22 bits per heavy atom. The second-order valence-corrected chi connectivity index (χ2v) is 5.35. The van der Waals surface area contributed by atoms with E-state index in [1.54, 1.807) is 4.90 Å². The molecule has 0 aliphatic heterocycles. The lowest BCUT2D eigenvalue weighted by Gasteiger charge is -2.22. The highest BCUT2D eigenvalue weighted by Gasteiger charge is 2.24. The smallest absolute Gasteiger partial charge is 0.404 e. The van der Waals surface area contributed by atoms with E-state index in [2.05, 4.69) is 0 Å². The van der Waals surface area contributed by atoms with Gasteiger partial charge in [-0.15, -0.1) is 0 Å². The molecule has 0 saturated carbocycles. The summed E-state index contributed by atoms with van der Waals surface area (Å²) < 4.78 is 5.20. The number of hydrogen-bond donors (Lipinski definition) is 0. The summed E-state index contributed by atoms with van der Waals surface area (Å²) >= 11 is 0. The van der Waals surface area contributed by atoms with Gasteiger partial charge in [0, 0.05) is 11.3 Å². The number of rotatable bonds is 5. The van der Waals surface area contributed by atoms with Gasteiger partial charge in [-0.05, 0) is 37.5 Å². The number of para-hydroxylation sites is 1. The molecule has 1 aromatic carbocycles. The number of carbonyl (C=O) groups is 1. The molecule has 0 saturated heterocycles. The van der Waals surface area contributed by atoms with Crippen molar-refractivity contribution in [3.63, 3.8) is 0 Å². The van der Waals surface area contributed by atoms with E-state index in [0.29, 0.717) is 5.76 Å². The second-order valence-electron chi connectivity index (χ2n) is 5.35. The van der Waals surface area contributed by atoms with Gasteiger partial charge in [0.25, 0.3) is 5.91 Å². The molecule has 1 amide bonds. The van der Waals surface area contributed by atoms with E-state index >= 15 is 0 Å². The van der Waals surface area contributed by atoms with Crippen molar-refractivity contribution in [2.75, 3.05) is 4.90 Å². The third-order valence-corrected chi connectivity index (χ3v) is 3.77. The van der Waals surface area contributed by atoms with E-state index in [9.17, 15) is 14.9 Å². The quantitative estimate of drug-likeness (QED) is 0.621. The molecule has 0 unspecified atom stereocenters. The first-order valence-corrected chi connectivity index (χ1v) is 7.44. The minimum Gasteiger partial charge on any atom is -0.404 e. The molecule has 0 bridgehead atoms. The molecule has 0 N–H and O–H groups in total. The van der Waals surface area contributed by atoms with E-state index in [0.717, 1.165) is 30.5 Å². The van der Waals surface area contributed by atoms with Crippen LogP contribution in [0.25, 0.3) is 0 Å². The van der Waals surface area contributed by atoms with Crippen LogP contribution in [0.1, 0.15) is 25.0 Å². The van der Waals surface area contributed by atoms with E-state index in [4.69, 9.17) is 4.42 Å². The van der Waals surface area contributed by atoms with Crippen molar-refractivity contribution in [3.05, 3.63) is 70.0 Å². The highest BCUT2D eigenvalue weighted by molar-refractivity contribution is 6.05. The van der Waals surface area contributed by atoms with Crippen molar-refractivity contribution < 1.29 is 14.1 Å². The molecule has 0 atom stereocenters. The van der Waals surface area contributed by atoms with Crippen LogP contribution in [0.3, 0.4) is 0 Å². The van der Waals surface area contributed by atoms with Crippen LogP contribution in [0, 0.1) is 10.1 Å². The van der Waals surface area contributed by atoms with Crippen molar-refractivity contribution >= 4 is 17.5 Å². The fourth-order valence-electron chi connectivity index (χ4n) is 2.63. The van der Waals surface area contributed by atoms with E-state index in [1.165, 1.54) is 12.1 Å². The summed E-state index contributed by atoms with van der Waals surface area (Å²) in [6.45, 7) is 0.161. The molecular formula is C17H16N2O4. The molecule has 1 aliphatic carbocycles. The lowest BCUT2D eigenvalue weighted by Crippen LogP contribution is -2.31. The number of anilines is 1. The Kier molecular flexibility index (Phi) is 4.23. The summed E-state index contributed by atoms with van der Waals surface area (Å²) in [7, 11) is 0. The van der Waals surface area contributed by atoms with Gasteiger partial charge in [0.1, 0.15) is 10.7 Å². The predicted octanol–water partition coefficient (Wildman–Crippen LogP) is 3.83. The normalized spacial score (nSPS) is 13.7. The van der Waals surface area contributed by atoms with Crippen molar-refractivity contribution in [1.29, 1.82) is 0 Å². The SMILES string of the molecule is O=C(C1=CCCC1)N(Cc1ccc([N+](=O)[O-])o1)c1ccccc1. The zero-order valence-electron chi connectivity index (χ0n) is 12.5. The standard InChI is InChI=1S/C17H16N2O4/c20-17(13-6-4-5-7-13)18(14-8-2-1-3-9-14)12-15-10-11-16(23-15)19(21)22/h1-3,6,8-11H,4-5,7,12H2. The number of amides is 1. The first-order valence-electron chi connectivity index (χ1n) is 7.44. The van der Waals surface area contributed by atoms with Crippen LogP contribution in [0.15, 0.2) is 58.5 Å². The minimum atomic E-state index is -0.586. The molecule has 0 radical (unpaired) electrons. The summed E-state index contributed by atoms with van der Waals surface area (Å²) in [5.41, 5.74) is 1.53. The summed E-state index contributed by atoms with van der Waals surface area (Å²) in [6.07, 6.45) is 4.62. The molecule has 0 spiro atoms. The van der Waals surface area contributed by atoms with E-state index < -0.39 is 4.92 Å². The Hall–Kier alpha value is -2.89. The average Bonchev–Trinajstić information content (AvgIpc) is 3.24. The maximum Gasteiger partial charge on any atom is 0.433 e. The Morgan fingerprint density at radius 3 is 2.61 bits per heavy atom. The van der Waals surface area contributed by atoms with Gasteiger partial charge < -0.3 is 9.32 Å². The number of allylic oxidation sites excluding steroid dienone is 1. The van der Waals surface area contributed by atoms with Crippen LogP contribution in [-0.4, -0.2) is 10.8 Å². The van der Waals surface area contributed by atoms with Gasteiger partial charge in [0.15, 0.2) is 0 Å². The largest absolute Gasteiger partial charge is 0.433 e. The van der Waals surface area contributed by atoms with Crippen LogP contribution in [0.5, 0.6) is 0 Å². The zero-order valence-corrected chi connectivity index (χ0v) is 12.5. The van der Waals surface area contributed by atoms with Crippen LogP contribution in [-0.2, 0) is 11.3 Å². The molecule has 1 heterocycles. The molecule has 1 aliphatic rings. The molecule has 6 nitrogen and oxygen atoms in total. The number of carbonyl (C=O) groups excluding carboxylic acids is 1. The highest BCUT2D eigenvalue weighted by atomic mass is 16.6. The fourth-order valence-corrected chi connectivity index (χ4v) is 2.63. The maximum atomic E-state index is 12.8. The third-order valence-electron chi connectivity index (χ3n) is 3.77. The van der Waals surface area contributed by atoms with Gasteiger partial charge in [0.05, 0.1) is 12.6 Å². The van der Waals surface area contributed by atoms with Crippen molar-refractivity contribution in [2.45, 2.75) is 25.8 Å². The molecule has 1 aromatic heterocycles. The molecule has 0 fully saturated rings. The van der Waals surface area contributed by atoms with Crippen molar-refractivity contribution in [1.82, 2.24) is 0 Å². The Balaban J connectivity index is 1.88. The van der Waals surface area contributed by atoms with Crippen LogP contribution < -0.4 is 4.90 Å². The Morgan fingerprint density at radius 2 is 2.00 bits per heavy atom. The second kappa shape index (κ2) is 6.48. The Labute approximate surface area is 133 Å². The van der Waals surface area contributed by atoms with Crippen LogP contribution in [0.4, 0.5) is 11.6 Å². The summed E-state index contributed by atoms with van der Waals surface area (Å²) in [5, 5.41) is 10.7. The van der Waals surface area contributed by atoms with Gasteiger partial charge in [0.2, 0.25) is 0 Å². The van der Waals surface area contributed by atoms with Gasteiger partial charge in [-0.1, -0.05) is 24.3 Å². The first-order chi connectivity index (χ1) is 11.1. The first kappa shape index (κ1) is 15.0. The zero-order chi connectivity index (χ0) is 16.2. The molecule has 118 valence electrons. The molecule has 6 heteroatoms. The van der Waals surface area contributed by atoms with Crippen molar-refractivity contribution in [2.24, 2.45) is 0 Å². The molecular weight excluding hydrogens is 296 g/mol. The molecule has 23 heavy (non-hydrogen) atoms. The summed E-state index contributed by atoms with van der Waals surface area (Å²) in [6, 6.07) is 12.1. The molecule has 2 aromatic rings. The van der Waals surface area contributed by atoms with Crippen LogP contribution in [0.2, 0.25) is 0 Å². The number of nitro groups is 1. The van der Waals surface area contributed by atoms with Gasteiger partial charge in [-0.2, -0.15) is 0 Å². The number of nitrogens with zero attached hydrogens (tertiary/aromatic N) is 2. The average molecular weight is 312 g/mol. The lowest BCUT2D eigenvalue weighted by molar-refractivity contribution is -0.402. The molecule has 3 rings (SSSR count). The summed E-state index contributed by atoms with van der Waals surface area (Å²) in [5.74, 6) is -0.0132. The fraction of sp³-hybridized carbons (Fsp3) is 0.235. The third kappa shape index (κ3) is 3.31.